The number of likely N-dealkylation sites (tertiary alicyclic amines) is 1. The summed E-state index contributed by atoms with van der Waals surface area (Å²) < 4.78 is 11.4. The molecular weight excluding hydrogens is 378 g/mol. The molecule has 1 saturated carbocycles. The van der Waals surface area contributed by atoms with Crippen LogP contribution < -0.4 is 4.74 Å². The van der Waals surface area contributed by atoms with Gasteiger partial charge in [-0.1, -0.05) is 16.8 Å². The molecule has 4 rings (SSSR count). The van der Waals surface area contributed by atoms with E-state index in [0.717, 1.165) is 44.5 Å². The Labute approximate surface area is 170 Å². The summed E-state index contributed by atoms with van der Waals surface area (Å²) in [5.41, 5.74) is -0.945. The molecule has 2 heterocycles. The van der Waals surface area contributed by atoms with E-state index in [9.17, 15) is 4.79 Å². The zero-order chi connectivity index (χ0) is 19.7. The smallest absolute Gasteiger partial charge is 0.266 e. The monoisotopic (exact) mass is 403 g/mol. The summed E-state index contributed by atoms with van der Waals surface area (Å²) in [7, 11) is 0. The minimum atomic E-state index is -0.945. The fraction of sp³-hybridized carbons (Fsp3) is 0.571. The quantitative estimate of drug-likeness (QED) is 0.721. The number of carbonyl (C=O) groups excluding carboxylic acids is 1. The van der Waals surface area contributed by atoms with Crippen LogP contribution in [0.1, 0.15) is 57.2 Å². The molecule has 28 heavy (non-hydrogen) atoms. The summed E-state index contributed by atoms with van der Waals surface area (Å²) >= 11 is 5.92. The number of carbonyl (C=O) groups is 1. The SMILES string of the molecule is CC(C)(Oc1ccc(Cl)cc1)C(=O)N1CCCC(Cc2nc(C3CC3)no2)C1. The van der Waals surface area contributed by atoms with Gasteiger partial charge in [0.25, 0.3) is 5.91 Å². The Kier molecular flexibility index (Phi) is 5.32. The number of nitrogens with zero attached hydrogens (tertiary/aromatic N) is 3. The van der Waals surface area contributed by atoms with Crippen LogP contribution >= 0.6 is 11.6 Å². The van der Waals surface area contributed by atoms with Gasteiger partial charge < -0.3 is 14.2 Å². The number of halogens is 1. The molecule has 1 aromatic heterocycles. The van der Waals surface area contributed by atoms with Crippen molar-refractivity contribution in [3.8, 4) is 5.75 Å². The molecular formula is C21H26ClN3O3. The van der Waals surface area contributed by atoms with E-state index in [2.05, 4.69) is 10.1 Å². The molecule has 1 aliphatic carbocycles. The lowest BCUT2D eigenvalue weighted by atomic mass is 9.93. The first-order valence-corrected chi connectivity index (χ1v) is 10.3. The Morgan fingerprint density at radius 3 is 2.75 bits per heavy atom. The molecule has 0 spiro atoms. The number of hydrogen-bond acceptors (Lipinski definition) is 5. The number of hydrogen-bond donors (Lipinski definition) is 0. The molecule has 2 aliphatic rings. The van der Waals surface area contributed by atoms with Crippen LogP contribution in [0.3, 0.4) is 0 Å². The lowest BCUT2D eigenvalue weighted by Gasteiger charge is -2.37. The van der Waals surface area contributed by atoms with Crippen molar-refractivity contribution >= 4 is 17.5 Å². The largest absolute Gasteiger partial charge is 0.478 e. The van der Waals surface area contributed by atoms with E-state index < -0.39 is 5.60 Å². The second-order valence-corrected chi connectivity index (χ2v) is 8.79. The van der Waals surface area contributed by atoms with Gasteiger partial charge in [-0.2, -0.15) is 4.98 Å². The number of piperidine rings is 1. The average molecular weight is 404 g/mol. The maximum absolute atomic E-state index is 13.1. The Balaban J connectivity index is 1.36. The average Bonchev–Trinajstić information content (AvgIpc) is 3.43. The van der Waals surface area contributed by atoms with Crippen molar-refractivity contribution in [1.29, 1.82) is 0 Å². The fourth-order valence-corrected chi connectivity index (χ4v) is 3.87. The van der Waals surface area contributed by atoms with Crippen LogP contribution in [-0.4, -0.2) is 39.6 Å². The van der Waals surface area contributed by atoms with Crippen molar-refractivity contribution in [2.75, 3.05) is 13.1 Å². The van der Waals surface area contributed by atoms with E-state index in [-0.39, 0.29) is 5.91 Å². The van der Waals surface area contributed by atoms with Gasteiger partial charge in [-0.05, 0) is 69.7 Å². The molecule has 1 atom stereocenters. The van der Waals surface area contributed by atoms with Gasteiger partial charge in [0.1, 0.15) is 5.75 Å². The predicted molar refractivity (Wildman–Crippen MR) is 105 cm³/mol. The summed E-state index contributed by atoms with van der Waals surface area (Å²) in [4.78, 5) is 19.6. The Morgan fingerprint density at radius 1 is 1.29 bits per heavy atom. The van der Waals surface area contributed by atoms with Crippen molar-refractivity contribution in [3.05, 3.63) is 41.0 Å². The zero-order valence-corrected chi connectivity index (χ0v) is 17.1. The van der Waals surface area contributed by atoms with E-state index >= 15 is 0 Å². The first-order chi connectivity index (χ1) is 13.4. The second kappa shape index (κ2) is 7.74. The van der Waals surface area contributed by atoms with Crippen molar-refractivity contribution < 1.29 is 14.1 Å². The van der Waals surface area contributed by atoms with Crippen molar-refractivity contribution in [3.63, 3.8) is 0 Å². The van der Waals surface area contributed by atoms with E-state index in [1.54, 1.807) is 24.3 Å². The minimum absolute atomic E-state index is 0.00338. The molecule has 7 heteroatoms. The van der Waals surface area contributed by atoms with E-state index in [4.69, 9.17) is 20.9 Å². The molecule has 2 aromatic rings. The fourth-order valence-electron chi connectivity index (χ4n) is 3.74. The van der Waals surface area contributed by atoms with Gasteiger partial charge in [-0.3, -0.25) is 4.79 Å². The first-order valence-electron chi connectivity index (χ1n) is 9.97. The number of aromatic nitrogens is 2. The van der Waals surface area contributed by atoms with Gasteiger partial charge >= 0.3 is 0 Å². The second-order valence-electron chi connectivity index (χ2n) is 8.35. The highest BCUT2D eigenvalue weighted by atomic mass is 35.5. The van der Waals surface area contributed by atoms with Crippen LogP contribution in [0.4, 0.5) is 0 Å². The van der Waals surface area contributed by atoms with Gasteiger partial charge in [-0.15, -0.1) is 0 Å². The van der Waals surface area contributed by atoms with Gasteiger partial charge in [0.2, 0.25) is 5.89 Å². The van der Waals surface area contributed by atoms with E-state index in [1.807, 2.05) is 18.7 Å². The molecule has 0 radical (unpaired) electrons. The molecule has 1 aliphatic heterocycles. The van der Waals surface area contributed by atoms with Crippen LogP contribution in [0.5, 0.6) is 5.75 Å². The Bertz CT molecular complexity index is 830. The topological polar surface area (TPSA) is 68.5 Å². The molecule has 0 bridgehead atoms. The lowest BCUT2D eigenvalue weighted by Crippen LogP contribution is -2.52. The summed E-state index contributed by atoms with van der Waals surface area (Å²) in [5.74, 6) is 2.99. The standard InChI is InChI=1S/C21H26ClN3O3/c1-21(2,27-17-9-7-16(22)8-10-17)20(26)25-11-3-4-14(13-25)12-18-23-19(24-28-18)15-5-6-15/h7-10,14-15H,3-6,11-13H2,1-2H3. The zero-order valence-electron chi connectivity index (χ0n) is 16.4. The van der Waals surface area contributed by atoms with Crippen LogP contribution in [0.15, 0.2) is 28.8 Å². The minimum Gasteiger partial charge on any atom is -0.478 e. The molecule has 150 valence electrons. The van der Waals surface area contributed by atoms with E-state index in [1.165, 1.54) is 0 Å². The highest BCUT2D eigenvalue weighted by Gasteiger charge is 2.37. The molecule has 1 amide bonds. The molecule has 1 aromatic carbocycles. The third kappa shape index (κ3) is 4.49. The summed E-state index contributed by atoms with van der Waals surface area (Å²) in [6, 6.07) is 7.08. The third-order valence-electron chi connectivity index (χ3n) is 5.40. The van der Waals surface area contributed by atoms with Crippen molar-refractivity contribution in [2.45, 2.75) is 57.5 Å². The highest BCUT2D eigenvalue weighted by molar-refractivity contribution is 6.30. The van der Waals surface area contributed by atoms with Gasteiger partial charge in [0.05, 0.1) is 0 Å². The summed E-state index contributed by atoms with van der Waals surface area (Å²) in [6.07, 6.45) is 5.07. The van der Waals surface area contributed by atoms with Crippen LogP contribution in [0.25, 0.3) is 0 Å². The van der Waals surface area contributed by atoms with Crippen molar-refractivity contribution in [1.82, 2.24) is 15.0 Å². The molecule has 1 saturated heterocycles. The summed E-state index contributed by atoms with van der Waals surface area (Å²) in [5, 5.41) is 4.73. The van der Waals surface area contributed by atoms with Gasteiger partial charge in [0, 0.05) is 30.5 Å². The lowest BCUT2D eigenvalue weighted by molar-refractivity contribution is -0.147. The molecule has 1 unspecified atom stereocenters. The molecule has 0 N–H and O–H groups in total. The molecule has 2 fully saturated rings. The predicted octanol–water partition coefficient (Wildman–Crippen LogP) is 4.24. The Hall–Kier alpha value is -2.08. The number of rotatable bonds is 6. The normalized spacial score (nSPS) is 20.2. The number of ether oxygens (including phenoxy) is 1. The molecule has 6 nitrogen and oxygen atoms in total. The number of amides is 1. The van der Waals surface area contributed by atoms with Crippen LogP contribution in [0, 0.1) is 5.92 Å². The number of benzene rings is 1. The first kappa shape index (κ1) is 19.2. The van der Waals surface area contributed by atoms with E-state index in [0.29, 0.717) is 35.0 Å². The maximum Gasteiger partial charge on any atom is 0.266 e. The third-order valence-corrected chi connectivity index (χ3v) is 5.65. The maximum atomic E-state index is 13.1. The van der Waals surface area contributed by atoms with Crippen LogP contribution in [0.2, 0.25) is 5.02 Å². The van der Waals surface area contributed by atoms with Crippen molar-refractivity contribution in [2.24, 2.45) is 5.92 Å². The van der Waals surface area contributed by atoms with Gasteiger partial charge in [0.15, 0.2) is 11.4 Å². The Morgan fingerprint density at radius 2 is 2.04 bits per heavy atom. The van der Waals surface area contributed by atoms with Crippen LogP contribution in [-0.2, 0) is 11.2 Å². The van der Waals surface area contributed by atoms with Gasteiger partial charge in [-0.25, -0.2) is 0 Å². The highest BCUT2D eigenvalue weighted by Crippen LogP contribution is 2.38. The summed E-state index contributed by atoms with van der Waals surface area (Å²) in [6.45, 7) is 5.06.